The third-order valence-corrected chi connectivity index (χ3v) is 12.2. The predicted molar refractivity (Wildman–Crippen MR) is 160 cm³/mol. The molecule has 2 N–H and O–H groups in total. The van der Waals surface area contributed by atoms with Crippen LogP contribution in [0.1, 0.15) is 17.4 Å². The number of fused-ring (bicyclic) bond motifs is 2. The lowest BCUT2D eigenvalue weighted by molar-refractivity contribution is -0.246. The van der Waals surface area contributed by atoms with Crippen molar-refractivity contribution in [3.8, 4) is 0 Å². The van der Waals surface area contributed by atoms with Gasteiger partial charge in [-0.25, -0.2) is 19.3 Å². The van der Waals surface area contributed by atoms with Gasteiger partial charge in [0.25, 0.3) is 15.6 Å². The zero-order valence-electron chi connectivity index (χ0n) is 24.4. The summed E-state index contributed by atoms with van der Waals surface area (Å²) in [6.45, 7) is -0.793. The van der Waals surface area contributed by atoms with Crippen LogP contribution in [0, 0.1) is 0 Å². The van der Waals surface area contributed by atoms with Gasteiger partial charge in [0.05, 0.1) is 12.9 Å². The molecule has 17 nitrogen and oxygen atoms in total. The molecule has 0 spiro atoms. The van der Waals surface area contributed by atoms with Crippen molar-refractivity contribution in [2.45, 2.75) is 48.6 Å². The van der Waals surface area contributed by atoms with Crippen molar-refractivity contribution in [2.24, 2.45) is 0 Å². The highest BCUT2D eigenvalue weighted by Crippen LogP contribution is 2.63. The summed E-state index contributed by atoms with van der Waals surface area (Å²) in [7, 11) is -16.8. The molecule has 4 heterocycles. The summed E-state index contributed by atoms with van der Waals surface area (Å²) in [5.41, 5.74) is 7.82. The average Bonchev–Trinajstić information content (AvgIpc) is 3.69. The molecule has 2 saturated heterocycles. The third kappa shape index (κ3) is 8.20. The van der Waals surface area contributed by atoms with Crippen LogP contribution in [0.15, 0.2) is 72.1 Å². The predicted octanol–water partition coefficient (Wildman–Crippen LogP) is 2.12. The lowest BCUT2D eigenvalue weighted by atomic mass is 10.1. The van der Waals surface area contributed by atoms with Gasteiger partial charge in [-0.2, -0.15) is 0 Å². The smallest absolute Gasteiger partial charge is 0.279 e. The van der Waals surface area contributed by atoms with E-state index in [0.717, 1.165) is 5.56 Å². The van der Waals surface area contributed by atoms with Crippen LogP contribution in [-0.2, 0) is 53.6 Å². The number of benzene rings is 2. The molecule has 2 aliphatic heterocycles. The van der Waals surface area contributed by atoms with Gasteiger partial charge in [-0.05, 0) is 17.4 Å². The molecule has 0 radical (unpaired) electrons. The summed E-state index contributed by atoms with van der Waals surface area (Å²) in [6, 6.07) is 16.9. The molecule has 6 rings (SSSR count). The number of phosphoric ester groups is 1. The highest BCUT2D eigenvalue weighted by Gasteiger charge is 2.54. The van der Waals surface area contributed by atoms with Crippen LogP contribution in [0.3, 0.4) is 0 Å². The first-order chi connectivity index (χ1) is 22.3. The highest BCUT2D eigenvalue weighted by atomic mass is 32.2. The maximum Gasteiger partial charge on any atom is 0.279 e. The zero-order chi connectivity index (χ0) is 33.4. The van der Waals surface area contributed by atoms with Crippen LogP contribution in [-0.4, -0.2) is 57.0 Å². The number of imidazole rings is 1. The first kappa shape index (κ1) is 34.3. The Morgan fingerprint density at radius 2 is 1.55 bits per heavy atom. The minimum atomic E-state index is -5.96. The Kier molecular flexibility index (Phi) is 10.1. The topological polar surface area (TPSA) is 245 Å². The van der Waals surface area contributed by atoms with E-state index in [1.165, 1.54) is 42.4 Å². The minimum Gasteiger partial charge on any atom is -0.778 e. The summed E-state index contributed by atoms with van der Waals surface area (Å²) in [5.74, 6) is 0.137. The van der Waals surface area contributed by atoms with E-state index >= 15 is 0 Å². The maximum absolute atomic E-state index is 12.6. The molecule has 8 atom stereocenters. The standard InChI is InChI=1S/C26H30N5O12P3S/c1-47-26-29-23(27)20-24(30-26)31(15-28-20)25-22-21(40-19(41-22)12-16-8-4-2-5-9-16)18(39-25)13-38-45(34,35)43-46(36,37)42-44(32,33)14-17-10-6-3-7-11-17/h2-11,15,18-19,21-22,25H,12-14H2,1H3,(H,32,33)(H,34,35)(H,36,37)(H2,27,29,30)/p-3/t18-,19?,21?,22+,25-/m1/s1. The summed E-state index contributed by atoms with van der Waals surface area (Å²) >= 11 is 1.26. The van der Waals surface area contributed by atoms with Gasteiger partial charge < -0.3 is 43.7 Å². The molecule has 2 aliphatic rings. The molecule has 252 valence electrons. The van der Waals surface area contributed by atoms with Crippen molar-refractivity contribution in [3.63, 3.8) is 0 Å². The molecule has 47 heavy (non-hydrogen) atoms. The Morgan fingerprint density at radius 3 is 2.23 bits per heavy atom. The van der Waals surface area contributed by atoms with Crippen LogP contribution in [0.5, 0.6) is 0 Å². The summed E-state index contributed by atoms with van der Waals surface area (Å²) in [6.07, 6.45) is -1.90. The molecule has 4 aromatic rings. The number of hydrogen-bond acceptors (Lipinski definition) is 17. The number of nitrogens with two attached hydrogens (primary N) is 1. The summed E-state index contributed by atoms with van der Waals surface area (Å²) in [5, 5.41) is 0.372. The lowest BCUT2D eigenvalue weighted by Crippen LogP contribution is -2.32. The van der Waals surface area contributed by atoms with Gasteiger partial charge in [-0.3, -0.25) is 18.0 Å². The molecular weight excluding hydrogens is 699 g/mol. The van der Waals surface area contributed by atoms with E-state index in [4.69, 9.17) is 24.5 Å². The van der Waals surface area contributed by atoms with Crippen molar-refractivity contribution in [2.75, 3.05) is 18.6 Å². The normalized spacial score (nSPS) is 26.4. The highest BCUT2D eigenvalue weighted by molar-refractivity contribution is 7.98. The van der Waals surface area contributed by atoms with E-state index in [-0.39, 0.29) is 11.4 Å². The Hall–Kier alpha value is -2.53. The fraction of sp³-hybridized carbons (Fsp3) is 0.346. The maximum atomic E-state index is 12.6. The van der Waals surface area contributed by atoms with Gasteiger partial charge in [-0.15, -0.1) is 0 Å². The van der Waals surface area contributed by atoms with Crippen LogP contribution in [0.25, 0.3) is 11.2 Å². The van der Waals surface area contributed by atoms with E-state index in [0.29, 0.717) is 22.7 Å². The van der Waals surface area contributed by atoms with E-state index in [1.807, 2.05) is 30.3 Å². The van der Waals surface area contributed by atoms with E-state index in [1.54, 1.807) is 16.9 Å². The Balaban J connectivity index is 1.18. The molecular formula is C26H27N5O12P3S-3. The second-order valence-electron chi connectivity index (χ2n) is 10.4. The van der Waals surface area contributed by atoms with Crippen molar-refractivity contribution < 1.29 is 55.7 Å². The second kappa shape index (κ2) is 13.8. The number of anilines is 1. The molecule has 2 aromatic carbocycles. The largest absolute Gasteiger partial charge is 0.778 e. The molecule has 21 heteroatoms. The van der Waals surface area contributed by atoms with E-state index in [9.17, 15) is 28.4 Å². The fourth-order valence-electron chi connectivity index (χ4n) is 5.17. The van der Waals surface area contributed by atoms with Crippen LogP contribution < -0.4 is 20.4 Å². The molecule has 0 saturated carbocycles. The van der Waals surface area contributed by atoms with E-state index in [2.05, 4.69) is 23.6 Å². The van der Waals surface area contributed by atoms with Gasteiger partial charge >= 0.3 is 0 Å². The van der Waals surface area contributed by atoms with Gasteiger partial charge in [0, 0.05) is 12.6 Å². The van der Waals surface area contributed by atoms with Crippen LogP contribution >= 0.6 is 35.0 Å². The number of hydrogen-bond donors (Lipinski definition) is 1. The van der Waals surface area contributed by atoms with Crippen LogP contribution in [0.4, 0.5) is 5.82 Å². The van der Waals surface area contributed by atoms with Crippen molar-refractivity contribution >= 4 is 52.0 Å². The Bertz CT molecular complexity index is 1870. The quantitative estimate of drug-likeness (QED) is 0.118. The third-order valence-electron chi connectivity index (χ3n) is 7.07. The Labute approximate surface area is 272 Å². The lowest BCUT2D eigenvalue weighted by Gasteiger charge is -2.35. The van der Waals surface area contributed by atoms with Crippen LogP contribution in [0.2, 0.25) is 0 Å². The van der Waals surface area contributed by atoms with Gasteiger partial charge in [0.15, 0.2) is 29.1 Å². The first-order valence-corrected chi connectivity index (χ1v) is 19.8. The molecule has 0 amide bonds. The van der Waals surface area contributed by atoms with Crippen molar-refractivity contribution in [1.82, 2.24) is 19.5 Å². The van der Waals surface area contributed by atoms with Crippen molar-refractivity contribution in [1.29, 1.82) is 0 Å². The van der Waals surface area contributed by atoms with E-state index < -0.39 is 66.8 Å². The number of ether oxygens (including phenoxy) is 3. The number of rotatable bonds is 13. The summed E-state index contributed by atoms with van der Waals surface area (Å²) in [4.78, 5) is 50.2. The monoisotopic (exact) mass is 726 g/mol. The van der Waals surface area contributed by atoms with Gasteiger partial charge in [0.1, 0.15) is 31.4 Å². The second-order valence-corrected chi connectivity index (χ2v) is 16.1. The fourth-order valence-corrected chi connectivity index (χ4v) is 9.53. The summed E-state index contributed by atoms with van der Waals surface area (Å²) < 4.78 is 70.3. The first-order valence-electron chi connectivity index (χ1n) is 13.9. The number of phosphoric acid groups is 2. The number of thioether (sulfide) groups is 1. The van der Waals surface area contributed by atoms with Gasteiger partial charge in [0.2, 0.25) is 0 Å². The molecule has 2 aromatic heterocycles. The molecule has 0 aliphatic carbocycles. The minimum absolute atomic E-state index is 0.137. The zero-order valence-corrected chi connectivity index (χ0v) is 27.9. The SMILES string of the molecule is CSc1nc(N)c2ncn([C@@H]3O[C@H](COP(=O)([O-])OP(=O)([O-])OP(=O)([O-])Cc4ccccc4)C4OC(Cc5ccccc5)O[C@@H]43)c2n1. The molecule has 5 unspecified atom stereocenters. The van der Waals surface area contributed by atoms with Gasteiger partial charge in [-0.1, -0.05) is 72.4 Å². The number of aromatic nitrogens is 4. The Morgan fingerprint density at radius 1 is 0.894 bits per heavy atom. The average molecular weight is 727 g/mol. The molecule has 0 bridgehead atoms. The number of nitrogen functional groups attached to an aromatic ring is 1. The number of nitrogens with zero attached hydrogens (tertiary/aromatic N) is 4. The van der Waals surface area contributed by atoms with Crippen molar-refractivity contribution in [3.05, 3.63) is 78.1 Å². The molecule has 2 fully saturated rings.